The van der Waals surface area contributed by atoms with Crippen molar-refractivity contribution in [1.82, 2.24) is 10.3 Å². The van der Waals surface area contributed by atoms with Gasteiger partial charge in [-0.05, 0) is 38.8 Å². The van der Waals surface area contributed by atoms with E-state index in [2.05, 4.69) is 10.3 Å². The highest BCUT2D eigenvalue weighted by molar-refractivity contribution is 5.91. The molecule has 1 atom stereocenters. The van der Waals surface area contributed by atoms with Crippen LogP contribution in [0.25, 0.3) is 11.5 Å². The zero-order valence-corrected chi connectivity index (χ0v) is 14.5. The summed E-state index contributed by atoms with van der Waals surface area (Å²) in [5.74, 6) is -0.206. The van der Waals surface area contributed by atoms with Crippen LogP contribution in [0.3, 0.4) is 0 Å². The van der Waals surface area contributed by atoms with Gasteiger partial charge in [-0.2, -0.15) is 0 Å². The predicted molar refractivity (Wildman–Crippen MR) is 92.0 cm³/mol. The van der Waals surface area contributed by atoms with Gasteiger partial charge in [-0.1, -0.05) is 31.0 Å². The number of nitrogens with one attached hydrogen (secondary N) is 1. The molecule has 132 valence electrons. The molecule has 0 spiro atoms. The Kier molecular flexibility index (Phi) is 5.16. The molecule has 2 aromatic rings. The molecule has 0 bridgehead atoms. The Hall–Kier alpha value is -2.63. The van der Waals surface area contributed by atoms with Crippen LogP contribution < -0.4 is 5.32 Å². The fraction of sp³-hybridized carbons (Fsp3) is 0.421. The van der Waals surface area contributed by atoms with E-state index in [1.165, 1.54) is 0 Å². The van der Waals surface area contributed by atoms with Crippen molar-refractivity contribution in [3.63, 3.8) is 0 Å². The number of oxazole rings is 1. The molecule has 1 aliphatic carbocycles. The summed E-state index contributed by atoms with van der Waals surface area (Å²) < 4.78 is 10.8. The van der Waals surface area contributed by atoms with Gasteiger partial charge in [0, 0.05) is 11.6 Å². The van der Waals surface area contributed by atoms with Crippen LogP contribution >= 0.6 is 0 Å². The first-order valence-corrected chi connectivity index (χ1v) is 8.59. The van der Waals surface area contributed by atoms with Crippen molar-refractivity contribution in [3.05, 3.63) is 41.8 Å². The summed E-state index contributed by atoms with van der Waals surface area (Å²) >= 11 is 0. The van der Waals surface area contributed by atoms with Gasteiger partial charge in [0.15, 0.2) is 11.8 Å². The molecule has 25 heavy (non-hydrogen) atoms. The minimum Gasteiger partial charge on any atom is -0.448 e. The molecular formula is C19H22N2O4. The lowest BCUT2D eigenvalue weighted by Gasteiger charge is -2.16. The van der Waals surface area contributed by atoms with Crippen LogP contribution in [0.1, 0.15) is 48.9 Å². The Morgan fingerprint density at radius 3 is 2.60 bits per heavy atom. The summed E-state index contributed by atoms with van der Waals surface area (Å²) in [6.07, 6.45) is 3.34. The van der Waals surface area contributed by atoms with Gasteiger partial charge in [0.05, 0.1) is 0 Å². The SMILES string of the molecule is Cc1oc(-c2ccccc2)nc1C(=O)O[C@H](C)C(=O)NC1CCCC1. The zero-order chi connectivity index (χ0) is 17.8. The van der Waals surface area contributed by atoms with E-state index in [0.717, 1.165) is 31.2 Å². The van der Waals surface area contributed by atoms with E-state index >= 15 is 0 Å². The number of hydrogen-bond donors (Lipinski definition) is 1. The third-order valence-electron chi connectivity index (χ3n) is 4.37. The first-order valence-electron chi connectivity index (χ1n) is 8.59. The van der Waals surface area contributed by atoms with Gasteiger partial charge in [-0.3, -0.25) is 4.79 Å². The van der Waals surface area contributed by atoms with E-state index in [1.807, 2.05) is 30.3 Å². The summed E-state index contributed by atoms with van der Waals surface area (Å²) in [4.78, 5) is 28.7. The number of hydrogen-bond acceptors (Lipinski definition) is 5. The average Bonchev–Trinajstić information content (AvgIpc) is 3.25. The summed E-state index contributed by atoms with van der Waals surface area (Å²) in [5.41, 5.74) is 0.871. The number of ether oxygens (including phenoxy) is 1. The number of carbonyl (C=O) groups excluding carboxylic acids is 2. The van der Waals surface area contributed by atoms with Gasteiger partial charge in [-0.25, -0.2) is 9.78 Å². The lowest BCUT2D eigenvalue weighted by Crippen LogP contribution is -2.40. The van der Waals surface area contributed by atoms with E-state index in [4.69, 9.17) is 9.15 Å². The molecule has 6 nitrogen and oxygen atoms in total. The minimum absolute atomic E-state index is 0.0966. The molecule has 0 saturated heterocycles. The molecule has 0 aliphatic heterocycles. The molecule has 1 N–H and O–H groups in total. The Balaban J connectivity index is 1.64. The second kappa shape index (κ2) is 7.51. The van der Waals surface area contributed by atoms with Crippen molar-refractivity contribution in [2.45, 2.75) is 51.7 Å². The Morgan fingerprint density at radius 2 is 1.92 bits per heavy atom. The molecule has 1 aromatic heterocycles. The number of aryl methyl sites for hydroxylation is 1. The lowest BCUT2D eigenvalue weighted by atomic mass is 10.2. The maximum absolute atomic E-state index is 12.3. The number of nitrogens with zero attached hydrogens (tertiary/aromatic N) is 1. The van der Waals surface area contributed by atoms with Crippen molar-refractivity contribution in [1.29, 1.82) is 0 Å². The number of benzene rings is 1. The third kappa shape index (κ3) is 4.07. The number of amides is 1. The fourth-order valence-electron chi connectivity index (χ4n) is 2.95. The van der Waals surface area contributed by atoms with Crippen LogP contribution in [-0.4, -0.2) is 29.0 Å². The molecule has 1 aliphatic rings. The number of aromatic nitrogens is 1. The lowest BCUT2D eigenvalue weighted by molar-refractivity contribution is -0.129. The van der Waals surface area contributed by atoms with E-state index in [1.54, 1.807) is 13.8 Å². The Labute approximate surface area is 146 Å². The van der Waals surface area contributed by atoms with E-state index in [9.17, 15) is 9.59 Å². The maximum atomic E-state index is 12.3. The predicted octanol–water partition coefficient (Wildman–Crippen LogP) is 3.25. The zero-order valence-electron chi connectivity index (χ0n) is 14.5. The van der Waals surface area contributed by atoms with E-state index in [-0.39, 0.29) is 17.6 Å². The van der Waals surface area contributed by atoms with Crippen molar-refractivity contribution < 1.29 is 18.7 Å². The normalized spacial score (nSPS) is 15.8. The molecule has 1 heterocycles. The molecule has 1 saturated carbocycles. The number of carbonyl (C=O) groups is 2. The summed E-state index contributed by atoms with van der Waals surface area (Å²) in [5, 5.41) is 2.92. The molecule has 1 fully saturated rings. The number of esters is 1. The molecule has 0 radical (unpaired) electrons. The molecule has 1 aromatic carbocycles. The van der Waals surface area contributed by atoms with Crippen molar-refractivity contribution in [2.24, 2.45) is 0 Å². The topological polar surface area (TPSA) is 81.4 Å². The van der Waals surface area contributed by atoms with Gasteiger partial charge in [-0.15, -0.1) is 0 Å². The van der Waals surface area contributed by atoms with Crippen LogP contribution in [0.2, 0.25) is 0 Å². The van der Waals surface area contributed by atoms with Crippen molar-refractivity contribution in [3.8, 4) is 11.5 Å². The van der Waals surface area contributed by atoms with Crippen molar-refractivity contribution in [2.75, 3.05) is 0 Å². The molecule has 3 rings (SSSR count). The van der Waals surface area contributed by atoms with Gasteiger partial charge >= 0.3 is 5.97 Å². The summed E-state index contributed by atoms with van der Waals surface area (Å²) in [6.45, 7) is 3.22. The van der Waals surface area contributed by atoms with Gasteiger partial charge in [0.2, 0.25) is 5.89 Å². The largest absolute Gasteiger partial charge is 0.448 e. The minimum atomic E-state index is -0.871. The third-order valence-corrected chi connectivity index (χ3v) is 4.37. The van der Waals surface area contributed by atoms with Crippen molar-refractivity contribution >= 4 is 11.9 Å². The van der Waals surface area contributed by atoms with Gasteiger partial charge in [0.1, 0.15) is 5.76 Å². The van der Waals surface area contributed by atoms with Crippen LogP contribution in [0.15, 0.2) is 34.7 Å². The van der Waals surface area contributed by atoms with Gasteiger partial charge in [0.25, 0.3) is 5.91 Å². The van der Waals surface area contributed by atoms with Crippen LogP contribution in [0, 0.1) is 6.92 Å². The standard InChI is InChI=1S/C19H22N2O4/c1-12-16(21-18(24-12)14-8-4-3-5-9-14)19(23)25-13(2)17(22)20-15-10-6-7-11-15/h3-5,8-9,13,15H,6-7,10-11H2,1-2H3,(H,20,22)/t13-/m1/s1. The smallest absolute Gasteiger partial charge is 0.361 e. The summed E-state index contributed by atoms with van der Waals surface area (Å²) in [6, 6.07) is 9.49. The van der Waals surface area contributed by atoms with E-state index in [0.29, 0.717) is 11.7 Å². The van der Waals surface area contributed by atoms with Crippen LogP contribution in [0.5, 0.6) is 0 Å². The molecule has 1 amide bonds. The van der Waals surface area contributed by atoms with Crippen LogP contribution in [0.4, 0.5) is 0 Å². The van der Waals surface area contributed by atoms with Crippen LogP contribution in [-0.2, 0) is 9.53 Å². The fourth-order valence-corrected chi connectivity index (χ4v) is 2.95. The quantitative estimate of drug-likeness (QED) is 0.844. The highest BCUT2D eigenvalue weighted by atomic mass is 16.5. The molecular weight excluding hydrogens is 320 g/mol. The average molecular weight is 342 g/mol. The molecule has 6 heteroatoms. The van der Waals surface area contributed by atoms with E-state index < -0.39 is 12.1 Å². The summed E-state index contributed by atoms with van der Waals surface area (Å²) in [7, 11) is 0. The van der Waals surface area contributed by atoms with Gasteiger partial charge < -0.3 is 14.5 Å². The highest BCUT2D eigenvalue weighted by Crippen LogP contribution is 2.22. The second-order valence-corrected chi connectivity index (χ2v) is 6.33. The highest BCUT2D eigenvalue weighted by Gasteiger charge is 2.26. The first-order chi connectivity index (χ1) is 12.0. The first kappa shape index (κ1) is 17.2. The monoisotopic (exact) mass is 342 g/mol. The Morgan fingerprint density at radius 1 is 1.24 bits per heavy atom. The second-order valence-electron chi connectivity index (χ2n) is 6.33. The maximum Gasteiger partial charge on any atom is 0.361 e. The Bertz CT molecular complexity index is 748. The number of rotatable bonds is 5. The molecule has 0 unspecified atom stereocenters.